The molecule has 134 valence electrons. The Labute approximate surface area is 151 Å². The summed E-state index contributed by atoms with van der Waals surface area (Å²) in [6.45, 7) is 4.17. The van der Waals surface area contributed by atoms with Gasteiger partial charge in [-0.1, -0.05) is 69.5 Å². The van der Waals surface area contributed by atoms with E-state index in [9.17, 15) is 10.3 Å². The SMILES string of the molecule is CCCCCCCCCCCC(=NO)c1ccc(C)cc1O.[Ni]. The first-order valence-corrected chi connectivity index (χ1v) is 8.70. The minimum Gasteiger partial charge on any atom is -0.507 e. The largest absolute Gasteiger partial charge is 0.507 e. The van der Waals surface area contributed by atoms with E-state index in [0.29, 0.717) is 17.7 Å². The molecule has 3 nitrogen and oxygen atoms in total. The number of unbranched alkanes of at least 4 members (excludes halogenated alkanes) is 8. The van der Waals surface area contributed by atoms with Gasteiger partial charge in [0.05, 0.1) is 5.71 Å². The molecular weight excluding hydrogens is 333 g/mol. The molecule has 0 bridgehead atoms. The number of phenols is 1. The van der Waals surface area contributed by atoms with E-state index in [0.717, 1.165) is 18.4 Å². The summed E-state index contributed by atoms with van der Waals surface area (Å²) in [4.78, 5) is 0. The molecule has 0 saturated carbocycles. The van der Waals surface area contributed by atoms with Crippen molar-refractivity contribution in [2.45, 2.75) is 78.1 Å². The topological polar surface area (TPSA) is 52.8 Å². The summed E-state index contributed by atoms with van der Waals surface area (Å²) in [5, 5.41) is 22.5. The van der Waals surface area contributed by atoms with Crippen LogP contribution >= 0.6 is 0 Å². The van der Waals surface area contributed by atoms with Gasteiger partial charge in [-0.05, 0) is 37.5 Å². The number of aryl methyl sites for hydroxylation is 1. The number of phenolic OH excluding ortho intramolecular Hbond substituents is 1. The normalized spacial score (nSPS) is 11.3. The maximum atomic E-state index is 9.94. The molecule has 0 radical (unpaired) electrons. The Hall–Kier alpha value is -1.02. The van der Waals surface area contributed by atoms with E-state index in [4.69, 9.17) is 0 Å². The molecular formula is C19H31NNiO2. The maximum absolute atomic E-state index is 9.94. The van der Waals surface area contributed by atoms with Crippen LogP contribution in [0.4, 0.5) is 0 Å². The molecule has 0 aliphatic rings. The number of hydrogen-bond donors (Lipinski definition) is 2. The summed E-state index contributed by atoms with van der Waals surface area (Å²) < 4.78 is 0. The third-order valence-corrected chi connectivity index (χ3v) is 4.10. The van der Waals surface area contributed by atoms with Gasteiger partial charge in [-0.25, -0.2) is 0 Å². The first-order chi connectivity index (χ1) is 10.7. The van der Waals surface area contributed by atoms with Crippen molar-refractivity contribution in [1.29, 1.82) is 0 Å². The van der Waals surface area contributed by atoms with Crippen molar-refractivity contribution >= 4 is 5.71 Å². The van der Waals surface area contributed by atoms with Gasteiger partial charge < -0.3 is 10.3 Å². The van der Waals surface area contributed by atoms with E-state index in [1.165, 1.54) is 44.9 Å². The van der Waals surface area contributed by atoms with Crippen molar-refractivity contribution in [2.75, 3.05) is 0 Å². The Morgan fingerprint density at radius 1 is 0.957 bits per heavy atom. The molecule has 0 unspecified atom stereocenters. The third-order valence-electron chi connectivity index (χ3n) is 4.10. The molecule has 0 fully saturated rings. The minimum absolute atomic E-state index is 0. The first-order valence-electron chi connectivity index (χ1n) is 8.70. The molecule has 1 rings (SSSR count). The number of oxime groups is 1. The molecule has 0 aliphatic carbocycles. The van der Waals surface area contributed by atoms with E-state index in [-0.39, 0.29) is 22.2 Å². The Morgan fingerprint density at radius 3 is 2.04 bits per heavy atom. The van der Waals surface area contributed by atoms with Crippen LogP contribution in [0.15, 0.2) is 23.4 Å². The molecule has 0 heterocycles. The van der Waals surface area contributed by atoms with Crippen molar-refractivity contribution in [1.82, 2.24) is 0 Å². The average molecular weight is 364 g/mol. The molecule has 0 aliphatic heterocycles. The smallest absolute Gasteiger partial charge is 0.125 e. The van der Waals surface area contributed by atoms with Crippen LogP contribution in [0.25, 0.3) is 0 Å². The second kappa shape index (κ2) is 13.4. The number of rotatable bonds is 11. The van der Waals surface area contributed by atoms with Gasteiger partial charge >= 0.3 is 0 Å². The van der Waals surface area contributed by atoms with Gasteiger partial charge in [-0.15, -0.1) is 0 Å². The van der Waals surface area contributed by atoms with Crippen LogP contribution in [0.5, 0.6) is 5.75 Å². The van der Waals surface area contributed by atoms with Crippen molar-refractivity contribution in [3.8, 4) is 5.75 Å². The summed E-state index contributed by atoms with van der Waals surface area (Å²) in [7, 11) is 0. The summed E-state index contributed by atoms with van der Waals surface area (Å²) in [5.41, 5.74) is 2.23. The minimum atomic E-state index is 0. The Morgan fingerprint density at radius 2 is 1.52 bits per heavy atom. The molecule has 4 heteroatoms. The van der Waals surface area contributed by atoms with E-state index >= 15 is 0 Å². The maximum Gasteiger partial charge on any atom is 0.125 e. The van der Waals surface area contributed by atoms with Gasteiger partial charge in [0.1, 0.15) is 5.75 Å². The van der Waals surface area contributed by atoms with Gasteiger partial charge in [0.15, 0.2) is 0 Å². The molecule has 23 heavy (non-hydrogen) atoms. The molecule has 2 N–H and O–H groups in total. The van der Waals surface area contributed by atoms with Crippen LogP contribution in [0, 0.1) is 6.92 Å². The predicted octanol–water partition coefficient (Wildman–Crippen LogP) is 5.80. The number of aromatic hydroxyl groups is 1. The zero-order valence-corrected chi connectivity index (χ0v) is 15.4. The molecule has 0 spiro atoms. The second-order valence-electron chi connectivity index (χ2n) is 6.15. The Kier molecular flexibility index (Phi) is 12.8. The van der Waals surface area contributed by atoms with Crippen molar-refractivity contribution in [3.05, 3.63) is 29.3 Å². The van der Waals surface area contributed by atoms with E-state index in [1.54, 1.807) is 6.07 Å². The number of hydrogen-bond acceptors (Lipinski definition) is 3. The summed E-state index contributed by atoms with van der Waals surface area (Å²) in [6, 6.07) is 5.46. The van der Waals surface area contributed by atoms with Crippen molar-refractivity contribution < 1.29 is 26.8 Å². The standard InChI is InChI=1S/C19H31NO2.Ni/c1-3-4-5-6-7-8-9-10-11-12-18(20-22)17-14-13-16(2)15-19(17)21;/h13-15,21-22H,3-12H2,1-2H3;. The Balaban J connectivity index is 0.00000484. The Bertz CT molecular complexity index is 461. The fourth-order valence-corrected chi connectivity index (χ4v) is 2.73. The van der Waals surface area contributed by atoms with Crippen LogP contribution in [-0.4, -0.2) is 16.0 Å². The van der Waals surface area contributed by atoms with Crippen molar-refractivity contribution in [2.24, 2.45) is 5.16 Å². The zero-order valence-electron chi connectivity index (χ0n) is 14.5. The van der Waals surface area contributed by atoms with E-state index in [1.807, 2.05) is 19.1 Å². The predicted molar refractivity (Wildman–Crippen MR) is 93.0 cm³/mol. The molecule has 0 aromatic heterocycles. The number of benzene rings is 1. The monoisotopic (exact) mass is 363 g/mol. The van der Waals surface area contributed by atoms with Crippen LogP contribution < -0.4 is 0 Å². The second-order valence-corrected chi connectivity index (χ2v) is 6.15. The van der Waals surface area contributed by atoms with Crippen LogP contribution in [-0.2, 0) is 16.5 Å². The first kappa shape index (κ1) is 22.0. The fourth-order valence-electron chi connectivity index (χ4n) is 2.73. The van der Waals surface area contributed by atoms with Gasteiger partial charge in [-0.3, -0.25) is 0 Å². The van der Waals surface area contributed by atoms with Crippen molar-refractivity contribution in [3.63, 3.8) is 0 Å². The summed E-state index contributed by atoms with van der Waals surface area (Å²) in [5.74, 6) is 0.198. The third kappa shape index (κ3) is 9.00. The number of nitrogens with zero attached hydrogens (tertiary/aromatic N) is 1. The van der Waals surface area contributed by atoms with Gasteiger partial charge in [0.25, 0.3) is 0 Å². The molecule has 0 saturated heterocycles. The van der Waals surface area contributed by atoms with Crippen LogP contribution in [0.1, 0.15) is 82.3 Å². The summed E-state index contributed by atoms with van der Waals surface area (Å²) in [6.07, 6.45) is 12.1. The molecule has 1 aromatic carbocycles. The molecule has 0 amide bonds. The summed E-state index contributed by atoms with van der Waals surface area (Å²) >= 11 is 0. The molecule has 1 aromatic rings. The average Bonchev–Trinajstić information content (AvgIpc) is 2.50. The van der Waals surface area contributed by atoms with Crippen LogP contribution in [0.2, 0.25) is 0 Å². The van der Waals surface area contributed by atoms with E-state index < -0.39 is 0 Å². The van der Waals surface area contributed by atoms with E-state index in [2.05, 4.69) is 12.1 Å². The molecule has 0 atom stereocenters. The van der Waals surface area contributed by atoms with Crippen LogP contribution in [0.3, 0.4) is 0 Å². The quantitative estimate of drug-likeness (QED) is 0.171. The fraction of sp³-hybridized carbons (Fsp3) is 0.632. The van der Waals surface area contributed by atoms with Gasteiger partial charge in [0.2, 0.25) is 0 Å². The van der Waals surface area contributed by atoms with Gasteiger partial charge in [0, 0.05) is 22.1 Å². The zero-order chi connectivity index (χ0) is 16.2. The van der Waals surface area contributed by atoms with Gasteiger partial charge in [-0.2, -0.15) is 0 Å².